The highest BCUT2D eigenvalue weighted by Gasteiger charge is 2.33. The average molecular weight is 394 g/mol. The van der Waals surface area contributed by atoms with Gasteiger partial charge in [0.05, 0.1) is 18.9 Å². The quantitative estimate of drug-likeness (QED) is 0.733. The first-order chi connectivity index (χ1) is 14.0. The summed E-state index contributed by atoms with van der Waals surface area (Å²) >= 11 is 0. The fourth-order valence-electron chi connectivity index (χ4n) is 3.27. The number of hydrogen-bond donors (Lipinski definition) is 1. The molecule has 1 aliphatic rings. The highest BCUT2D eigenvalue weighted by molar-refractivity contribution is 6.03. The van der Waals surface area contributed by atoms with Crippen LogP contribution in [0.15, 0.2) is 59.7 Å². The van der Waals surface area contributed by atoms with Gasteiger partial charge in [0.2, 0.25) is 11.8 Å². The summed E-state index contributed by atoms with van der Waals surface area (Å²) in [6, 6.07) is 17.3. The van der Waals surface area contributed by atoms with Gasteiger partial charge in [-0.2, -0.15) is 5.10 Å². The van der Waals surface area contributed by atoms with Crippen LogP contribution >= 0.6 is 0 Å². The topological polar surface area (TPSA) is 74.2 Å². The molecule has 0 bridgehead atoms. The molecule has 0 aliphatic carbocycles. The second kappa shape index (κ2) is 9.34. The van der Waals surface area contributed by atoms with E-state index < -0.39 is 0 Å². The molecule has 3 rings (SSSR count). The zero-order chi connectivity index (χ0) is 20.8. The number of rotatable bonds is 7. The Balaban J connectivity index is 1.80. The summed E-state index contributed by atoms with van der Waals surface area (Å²) in [6.45, 7) is 0. The highest BCUT2D eigenvalue weighted by atomic mass is 16.5. The van der Waals surface area contributed by atoms with Crippen LogP contribution in [0.5, 0.6) is 5.75 Å². The number of methoxy groups -OCH3 is 1. The summed E-state index contributed by atoms with van der Waals surface area (Å²) < 4.78 is 5.24. The van der Waals surface area contributed by atoms with E-state index in [0.717, 1.165) is 22.6 Å². The number of hydrazine groups is 1. The van der Waals surface area contributed by atoms with Crippen molar-refractivity contribution in [3.05, 3.63) is 65.7 Å². The number of ether oxygens (including phenoxy) is 1. The van der Waals surface area contributed by atoms with E-state index in [1.165, 1.54) is 5.01 Å². The Hall–Kier alpha value is -3.19. The molecule has 0 aromatic heterocycles. The lowest BCUT2D eigenvalue weighted by molar-refractivity contribution is -0.135. The fraction of sp³-hybridized carbons (Fsp3) is 0.318. The number of hydrazone groups is 1. The molecule has 29 heavy (non-hydrogen) atoms. The zero-order valence-electron chi connectivity index (χ0n) is 17.0. The van der Waals surface area contributed by atoms with Gasteiger partial charge in [0.25, 0.3) is 0 Å². The Morgan fingerprint density at radius 3 is 2.41 bits per heavy atom. The van der Waals surface area contributed by atoms with Crippen LogP contribution in [0.3, 0.4) is 0 Å². The van der Waals surface area contributed by atoms with Gasteiger partial charge in [0, 0.05) is 33.4 Å². The van der Waals surface area contributed by atoms with Crippen LogP contribution in [-0.2, 0) is 9.59 Å². The molecule has 1 heterocycles. The number of carbonyl (C=O) groups excluding carboxylic acids is 2. The van der Waals surface area contributed by atoms with Crippen molar-refractivity contribution < 1.29 is 14.3 Å². The summed E-state index contributed by atoms with van der Waals surface area (Å²) in [5.41, 5.74) is 5.48. The molecule has 2 aromatic carbocycles. The Bertz CT molecular complexity index is 879. The molecule has 7 nitrogen and oxygen atoms in total. The Kier molecular flexibility index (Phi) is 6.61. The molecule has 1 aliphatic heterocycles. The third-order valence-corrected chi connectivity index (χ3v) is 4.69. The molecule has 152 valence electrons. The van der Waals surface area contributed by atoms with Gasteiger partial charge < -0.3 is 4.74 Å². The largest absolute Gasteiger partial charge is 0.497 e. The van der Waals surface area contributed by atoms with Crippen LogP contribution in [0.4, 0.5) is 0 Å². The molecule has 1 N–H and O–H groups in total. The van der Waals surface area contributed by atoms with E-state index in [-0.39, 0.29) is 30.7 Å². The number of nitrogens with one attached hydrogen (secondary N) is 1. The van der Waals surface area contributed by atoms with Gasteiger partial charge in [0.15, 0.2) is 0 Å². The van der Waals surface area contributed by atoms with Crippen LogP contribution in [0.2, 0.25) is 0 Å². The molecule has 1 atom stereocenters. The maximum absolute atomic E-state index is 12.9. The lowest BCUT2D eigenvalue weighted by Crippen LogP contribution is -2.37. The molecule has 7 heteroatoms. The Morgan fingerprint density at radius 1 is 1.10 bits per heavy atom. The van der Waals surface area contributed by atoms with Gasteiger partial charge in [-0.05, 0) is 23.3 Å². The Labute approximate surface area is 170 Å². The SMILES string of the molecule is COc1ccc([C@@H]2CC(c3ccccc3)=NN2C(=O)CCC(=O)NN(C)C)cc1. The minimum absolute atomic E-state index is 0.0951. The third kappa shape index (κ3) is 5.20. The summed E-state index contributed by atoms with van der Waals surface area (Å²) in [5.74, 6) is 0.385. The third-order valence-electron chi connectivity index (χ3n) is 4.69. The number of amides is 2. The second-order valence-corrected chi connectivity index (χ2v) is 7.07. The van der Waals surface area contributed by atoms with Crippen molar-refractivity contribution in [2.24, 2.45) is 5.10 Å². The molecular formula is C22H26N4O3. The van der Waals surface area contributed by atoms with Crippen LogP contribution < -0.4 is 10.2 Å². The molecule has 2 amide bonds. The maximum Gasteiger partial charge on any atom is 0.243 e. The summed E-state index contributed by atoms with van der Waals surface area (Å²) in [5, 5.41) is 7.71. The van der Waals surface area contributed by atoms with Crippen LogP contribution in [-0.4, -0.2) is 48.7 Å². The molecule has 0 saturated carbocycles. The van der Waals surface area contributed by atoms with E-state index in [0.29, 0.717) is 6.42 Å². The second-order valence-electron chi connectivity index (χ2n) is 7.07. The van der Waals surface area contributed by atoms with E-state index in [1.54, 1.807) is 26.2 Å². The van der Waals surface area contributed by atoms with Gasteiger partial charge in [-0.1, -0.05) is 42.5 Å². The van der Waals surface area contributed by atoms with E-state index in [9.17, 15) is 9.59 Å². The first kappa shape index (κ1) is 20.5. The first-order valence-electron chi connectivity index (χ1n) is 9.53. The molecule has 0 saturated heterocycles. The minimum Gasteiger partial charge on any atom is -0.497 e. The normalized spacial score (nSPS) is 15.9. The number of benzene rings is 2. The molecule has 0 unspecified atom stereocenters. The Morgan fingerprint density at radius 2 is 1.79 bits per heavy atom. The molecular weight excluding hydrogens is 368 g/mol. The fourth-order valence-corrected chi connectivity index (χ4v) is 3.27. The van der Waals surface area contributed by atoms with Gasteiger partial charge in [-0.3, -0.25) is 15.0 Å². The van der Waals surface area contributed by atoms with Crippen molar-refractivity contribution >= 4 is 17.5 Å². The minimum atomic E-state index is -0.208. The lowest BCUT2D eigenvalue weighted by Gasteiger charge is -2.22. The number of nitrogens with zero attached hydrogens (tertiary/aromatic N) is 3. The van der Waals surface area contributed by atoms with E-state index in [4.69, 9.17) is 4.74 Å². The van der Waals surface area contributed by atoms with E-state index >= 15 is 0 Å². The van der Waals surface area contributed by atoms with E-state index in [1.807, 2.05) is 54.6 Å². The monoisotopic (exact) mass is 394 g/mol. The summed E-state index contributed by atoms with van der Waals surface area (Å²) in [4.78, 5) is 24.8. The number of carbonyl (C=O) groups is 2. The van der Waals surface area contributed by atoms with Gasteiger partial charge >= 0.3 is 0 Å². The molecule has 0 radical (unpaired) electrons. The molecule has 2 aromatic rings. The van der Waals surface area contributed by atoms with Crippen molar-refractivity contribution in [2.75, 3.05) is 21.2 Å². The van der Waals surface area contributed by atoms with Gasteiger partial charge in [0.1, 0.15) is 5.75 Å². The highest BCUT2D eigenvalue weighted by Crippen LogP contribution is 2.34. The first-order valence-corrected chi connectivity index (χ1v) is 9.53. The zero-order valence-corrected chi connectivity index (χ0v) is 17.0. The van der Waals surface area contributed by atoms with Crippen molar-refractivity contribution in [3.63, 3.8) is 0 Å². The maximum atomic E-state index is 12.9. The molecule has 0 fully saturated rings. The van der Waals surface area contributed by atoms with Crippen molar-refractivity contribution in [1.82, 2.24) is 15.4 Å². The van der Waals surface area contributed by atoms with Crippen LogP contribution in [0.1, 0.15) is 36.4 Å². The predicted octanol–water partition coefficient (Wildman–Crippen LogP) is 2.75. The summed E-state index contributed by atoms with van der Waals surface area (Å²) in [7, 11) is 5.09. The lowest BCUT2D eigenvalue weighted by atomic mass is 9.98. The summed E-state index contributed by atoms with van der Waals surface area (Å²) in [6.07, 6.45) is 0.822. The van der Waals surface area contributed by atoms with Crippen LogP contribution in [0, 0.1) is 0 Å². The van der Waals surface area contributed by atoms with Crippen molar-refractivity contribution in [3.8, 4) is 5.75 Å². The molecule has 0 spiro atoms. The van der Waals surface area contributed by atoms with Crippen molar-refractivity contribution in [1.29, 1.82) is 0 Å². The predicted molar refractivity (Wildman–Crippen MR) is 111 cm³/mol. The standard InChI is InChI=1S/C22H26N4O3/c1-25(2)24-21(27)13-14-22(28)26-20(17-9-11-18(29-3)12-10-17)15-19(23-26)16-7-5-4-6-8-16/h4-12,20H,13-15H2,1-3H3,(H,24,27)/t20-/m0/s1. The van der Waals surface area contributed by atoms with Crippen LogP contribution in [0.25, 0.3) is 0 Å². The van der Waals surface area contributed by atoms with E-state index in [2.05, 4.69) is 10.5 Å². The number of hydrogen-bond acceptors (Lipinski definition) is 5. The van der Waals surface area contributed by atoms with Gasteiger partial charge in [-0.25, -0.2) is 10.0 Å². The average Bonchev–Trinajstić information content (AvgIpc) is 3.18. The van der Waals surface area contributed by atoms with Crippen molar-refractivity contribution in [2.45, 2.75) is 25.3 Å². The smallest absolute Gasteiger partial charge is 0.243 e. The van der Waals surface area contributed by atoms with Gasteiger partial charge in [-0.15, -0.1) is 0 Å².